The van der Waals surface area contributed by atoms with Gasteiger partial charge in [0, 0.05) is 11.2 Å². The van der Waals surface area contributed by atoms with Gasteiger partial charge in [-0.05, 0) is 50.6 Å². The summed E-state index contributed by atoms with van der Waals surface area (Å²) in [6.07, 6.45) is 0. The topological polar surface area (TPSA) is 106 Å². The number of hydrogen-bond donors (Lipinski definition) is 3. The predicted octanol–water partition coefficient (Wildman–Crippen LogP) is 3.97. The van der Waals surface area contributed by atoms with Crippen LogP contribution in [-0.2, 0) is 16.6 Å². The highest BCUT2D eigenvalue weighted by molar-refractivity contribution is 14.0. The summed E-state index contributed by atoms with van der Waals surface area (Å²) >= 11 is 6.09. The van der Waals surface area contributed by atoms with E-state index < -0.39 is 15.6 Å². The Hall–Kier alpha value is -1.56. The lowest BCUT2D eigenvalue weighted by Gasteiger charge is -2.21. The van der Waals surface area contributed by atoms with Gasteiger partial charge in [-0.2, -0.15) is 0 Å². The number of nitrogens with zero attached hydrogens (tertiary/aromatic N) is 1. The Morgan fingerprint density at radius 1 is 1.21 bits per heavy atom. The fourth-order valence-corrected chi connectivity index (χ4v) is 4.37. The minimum atomic E-state index is -3.68. The smallest absolute Gasteiger partial charge is 0.241 e. The molecule has 0 bridgehead atoms. The molecule has 0 fully saturated rings. The van der Waals surface area contributed by atoms with Crippen LogP contribution in [0.3, 0.4) is 0 Å². The monoisotopic (exact) mass is 552 g/mol. The molecule has 2 rings (SSSR count). The number of hydrogen-bond acceptors (Lipinski definition) is 4. The Kier molecular flexibility index (Phi) is 9.19. The van der Waals surface area contributed by atoms with Crippen molar-refractivity contribution < 1.29 is 13.2 Å². The van der Waals surface area contributed by atoms with Crippen LogP contribution in [-0.4, -0.2) is 27.0 Å². The normalized spacial score (nSPS) is 12.2. The van der Waals surface area contributed by atoms with E-state index in [4.69, 9.17) is 22.1 Å². The van der Waals surface area contributed by atoms with Crippen molar-refractivity contribution in [1.82, 2.24) is 4.72 Å². The number of aliphatic imine (C=N–C) groups is 1. The summed E-state index contributed by atoms with van der Waals surface area (Å²) in [6.45, 7) is 5.46. The van der Waals surface area contributed by atoms with Crippen molar-refractivity contribution in [3.05, 3.63) is 53.1 Å². The molecular weight excluding hydrogens is 527 g/mol. The van der Waals surface area contributed by atoms with Gasteiger partial charge >= 0.3 is 0 Å². The Bertz CT molecular complexity index is 976. The van der Waals surface area contributed by atoms with Gasteiger partial charge in [0.1, 0.15) is 5.75 Å². The lowest BCUT2D eigenvalue weighted by molar-refractivity contribution is 0.415. The Morgan fingerprint density at radius 2 is 1.86 bits per heavy atom. The van der Waals surface area contributed by atoms with Crippen LogP contribution in [0.2, 0.25) is 5.02 Å². The lowest BCUT2D eigenvalue weighted by Crippen LogP contribution is -2.40. The van der Waals surface area contributed by atoms with Crippen molar-refractivity contribution >= 4 is 57.2 Å². The second kappa shape index (κ2) is 10.5. The third-order valence-electron chi connectivity index (χ3n) is 3.55. The van der Waals surface area contributed by atoms with Crippen molar-refractivity contribution in [2.24, 2.45) is 10.7 Å². The standard InChI is InChI=1S/C19H25ClN4O3S.HI/c1-19(2,3)24-28(25,26)17-8-6-5-7-13(17)12-22-18(21)23-14-9-10-16(27-4)15(20)11-14;/h5-11,24H,12H2,1-4H3,(H3,21,22,23);1H. The molecule has 0 heterocycles. The zero-order valence-electron chi connectivity index (χ0n) is 16.7. The summed E-state index contributed by atoms with van der Waals surface area (Å²) in [5.41, 5.74) is 6.52. The Labute approximate surface area is 194 Å². The second-order valence-corrected chi connectivity index (χ2v) is 9.20. The highest BCUT2D eigenvalue weighted by atomic mass is 127. The molecule has 0 atom stereocenters. The van der Waals surface area contributed by atoms with Gasteiger partial charge in [-0.3, -0.25) is 0 Å². The van der Waals surface area contributed by atoms with Gasteiger partial charge in [-0.15, -0.1) is 24.0 Å². The minimum Gasteiger partial charge on any atom is -0.495 e. The quantitative estimate of drug-likeness (QED) is 0.286. The van der Waals surface area contributed by atoms with Crippen LogP contribution in [0.5, 0.6) is 5.75 Å². The molecule has 0 amide bonds. The maximum atomic E-state index is 12.7. The van der Waals surface area contributed by atoms with Gasteiger partial charge in [0.15, 0.2) is 5.96 Å². The molecule has 0 radical (unpaired) electrons. The summed E-state index contributed by atoms with van der Waals surface area (Å²) in [5.74, 6) is 0.686. The summed E-state index contributed by atoms with van der Waals surface area (Å²) in [7, 11) is -2.15. The highest BCUT2D eigenvalue weighted by Gasteiger charge is 2.24. The van der Waals surface area contributed by atoms with Crippen LogP contribution in [0.4, 0.5) is 5.69 Å². The Balaban J connectivity index is 0.00000420. The first-order valence-electron chi connectivity index (χ1n) is 8.54. The second-order valence-electron chi connectivity index (χ2n) is 7.14. The molecule has 0 spiro atoms. The van der Waals surface area contributed by atoms with Crippen molar-refractivity contribution in [2.45, 2.75) is 37.8 Å². The molecule has 0 unspecified atom stereocenters. The molecule has 160 valence electrons. The number of benzene rings is 2. The van der Waals surface area contributed by atoms with Crippen LogP contribution >= 0.6 is 35.6 Å². The molecule has 0 saturated heterocycles. The fourth-order valence-electron chi connectivity index (χ4n) is 2.46. The van der Waals surface area contributed by atoms with E-state index in [0.29, 0.717) is 22.0 Å². The average Bonchev–Trinajstić information content (AvgIpc) is 2.58. The van der Waals surface area contributed by atoms with Crippen LogP contribution in [0.15, 0.2) is 52.4 Å². The van der Waals surface area contributed by atoms with Gasteiger partial charge in [0.25, 0.3) is 0 Å². The molecule has 0 aromatic heterocycles. The van der Waals surface area contributed by atoms with Gasteiger partial charge < -0.3 is 15.8 Å². The summed E-state index contributed by atoms with van der Waals surface area (Å²) in [4.78, 5) is 4.42. The van der Waals surface area contributed by atoms with Crippen molar-refractivity contribution in [2.75, 3.05) is 12.4 Å². The van der Waals surface area contributed by atoms with Crippen LogP contribution in [0, 0.1) is 0 Å². The van der Waals surface area contributed by atoms with Crippen LogP contribution < -0.4 is 20.5 Å². The zero-order chi connectivity index (χ0) is 20.9. The molecular formula is C19H26ClIN4O3S. The van der Waals surface area contributed by atoms with Crippen molar-refractivity contribution in [3.63, 3.8) is 0 Å². The van der Waals surface area contributed by atoms with E-state index in [1.165, 1.54) is 7.11 Å². The number of rotatable bonds is 6. The summed E-state index contributed by atoms with van der Waals surface area (Å²) < 4.78 is 33.1. The molecule has 10 heteroatoms. The van der Waals surface area contributed by atoms with E-state index in [-0.39, 0.29) is 41.4 Å². The highest BCUT2D eigenvalue weighted by Crippen LogP contribution is 2.27. The number of anilines is 1. The van der Waals surface area contributed by atoms with E-state index in [9.17, 15) is 8.42 Å². The number of methoxy groups -OCH3 is 1. The van der Waals surface area contributed by atoms with Gasteiger partial charge in [-0.1, -0.05) is 29.8 Å². The number of sulfonamides is 1. The number of nitrogens with two attached hydrogens (primary N) is 1. The van der Waals surface area contributed by atoms with Crippen LogP contribution in [0.25, 0.3) is 0 Å². The SMILES string of the molecule is COc1ccc(NC(N)=NCc2ccccc2S(=O)(=O)NC(C)(C)C)cc1Cl.I. The number of halogens is 2. The number of ether oxygens (including phenoxy) is 1. The van der Waals surface area contributed by atoms with E-state index in [0.717, 1.165) is 0 Å². The van der Waals surface area contributed by atoms with Crippen molar-refractivity contribution in [1.29, 1.82) is 0 Å². The number of guanidine groups is 1. The first-order chi connectivity index (χ1) is 13.0. The third kappa shape index (κ3) is 7.65. The molecule has 2 aromatic carbocycles. The average molecular weight is 553 g/mol. The first kappa shape index (κ1) is 25.5. The third-order valence-corrected chi connectivity index (χ3v) is 5.70. The van der Waals surface area contributed by atoms with Crippen LogP contribution in [0.1, 0.15) is 26.3 Å². The Morgan fingerprint density at radius 3 is 2.45 bits per heavy atom. The van der Waals surface area contributed by atoms with E-state index in [1.54, 1.807) is 63.2 Å². The van der Waals surface area contributed by atoms with E-state index in [2.05, 4.69) is 15.0 Å². The molecule has 29 heavy (non-hydrogen) atoms. The lowest BCUT2D eigenvalue weighted by atomic mass is 10.1. The maximum Gasteiger partial charge on any atom is 0.241 e. The van der Waals surface area contributed by atoms with E-state index >= 15 is 0 Å². The van der Waals surface area contributed by atoms with Gasteiger partial charge in [0.05, 0.1) is 23.6 Å². The molecule has 0 aliphatic heterocycles. The predicted molar refractivity (Wildman–Crippen MR) is 129 cm³/mol. The fraction of sp³-hybridized carbons (Fsp3) is 0.316. The molecule has 0 aliphatic rings. The molecule has 0 aliphatic carbocycles. The largest absolute Gasteiger partial charge is 0.495 e. The molecule has 2 aromatic rings. The zero-order valence-corrected chi connectivity index (χ0v) is 20.6. The first-order valence-corrected chi connectivity index (χ1v) is 10.4. The minimum absolute atomic E-state index is 0. The van der Waals surface area contributed by atoms with Gasteiger partial charge in [0.2, 0.25) is 10.0 Å². The maximum absolute atomic E-state index is 12.7. The van der Waals surface area contributed by atoms with Gasteiger partial charge in [-0.25, -0.2) is 18.1 Å². The molecule has 7 nitrogen and oxygen atoms in total. The summed E-state index contributed by atoms with van der Waals surface area (Å²) in [5, 5.41) is 3.36. The summed E-state index contributed by atoms with van der Waals surface area (Å²) in [6, 6.07) is 11.8. The molecule has 0 saturated carbocycles. The van der Waals surface area contributed by atoms with Crippen molar-refractivity contribution in [3.8, 4) is 5.75 Å². The van der Waals surface area contributed by atoms with E-state index in [1.807, 2.05) is 0 Å². The molecule has 4 N–H and O–H groups in total. The number of nitrogens with one attached hydrogen (secondary N) is 2.